The van der Waals surface area contributed by atoms with Gasteiger partial charge < -0.3 is 14.7 Å². The van der Waals surface area contributed by atoms with Crippen LogP contribution in [0.15, 0.2) is 24.3 Å². The first-order valence-corrected chi connectivity index (χ1v) is 7.56. The van der Waals surface area contributed by atoms with Gasteiger partial charge in [0, 0.05) is 12.1 Å². The highest BCUT2D eigenvalue weighted by Gasteiger charge is 2.37. The molecule has 1 heterocycles. The van der Waals surface area contributed by atoms with Crippen LogP contribution in [0.5, 0.6) is 0 Å². The first kappa shape index (κ1) is 17.0. The molecule has 0 bridgehead atoms. The molecule has 1 unspecified atom stereocenters. The molecule has 1 saturated heterocycles. The van der Waals surface area contributed by atoms with Crippen molar-refractivity contribution in [3.05, 3.63) is 35.4 Å². The normalized spacial score (nSPS) is 17.9. The molecule has 1 aromatic carbocycles. The Bertz CT molecular complexity index is 632. The van der Waals surface area contributed by atoms with E-state index in [1.807, 2.05) is 0 Å². The number of likely N-dealkylation sites (tertiary alicyclic amines) is 1. The second kappa shape index (κ2) is 6.40. The zero-order valence-corrected chi connectivity index (χ0v) is 13.5. The average molecular weight is 319 g/mol. The van der Waals surface area contributed by atoms with E-state index in [-0.39, 0.29) is 17.0 Å². The van der Waals surface area contributed by atoms with Gasteiger partial charge >= 0.3 is 11.9 Å². The Morgan fingerprint density at radius 1 is 1.22 bits per heavy atom. The predicted molar refractivity (Wildman–Crippen MR) is 83.3 cm³/mol. The van der Waals surface area contributed by atoms with Crippen LogP contribution in [0.1, 0.15) is 54.3 Å². The summed E-state index contributed by atoms with van der Waals surface area (Å²) in [6, 6.07) is 5.22. The first-order chi connectivity index (χ1) is 10.7. The number of esters is 1. The van der Waals surface area contributed by atoms with E-state index in [9.17, 15) is 14.4 Å². The molecule has 0 aromatic heterocycles. The van der Waals surface area contributed by atoms with Crippen molar-refractivity contribution in [2.75, 3.05) is 6.54 Å². The Morgan fingerprint density at radius 3 is 2.48 bits per heavy atom. The van der Waals surface area contributed by atoms with Crippen molar-refractivity contribution in [2.24, 2.45) is 0 Å². The van der Waals surface area contributed by atoms with Crippen LogP contribution in [0.3, 0.4) is 0 Å². The number of hydrogen-bond acceptors (Lipinski definition) is 4. The molecular weight excluding hydrogens is 298 g/mol. The van der Waals surface area contributed by atoms with Gasteiger partial charge in [-0.3, -0.25) is 4.79 Å². The second-order valence-electron chi connectivity index (χ2n) is 6.58. The number of aromatic carboxylic acids is 1. The van der Waals surface area contributed by atoms with Crippen molar-refractivity contribution in [3.8, 4) is 0 Å². The average Bonchev–Trinajstić information content (AvgIpc) is 2.94. The minimum atomic E-state index is -1.09. The van der Waals surface area contributed by atoms with E-state index in [1.54, 1.807) is 26.8 Å². The summed E-state index contributed by atoms with van der Waals surface area (Å²) >= 11 is 0. The number of benzene rings is 1. The van der Waals surface area contributed by atoms with Gasteiger partial charge in [-0.25, -0.2) is 9.59 Å². The van der Waals surface area contributed by atoms with E-state index in [0.29, 0.717) is 19.4 Å². The van der Waals surface area contributed by atoms with Crippen LogP contribution < -0.4 is 0 Å². The Labute approximate surface area is 135 Å². The summed E-state index contributed by atoms with van der Waals surface area (Å²) in [5.41, 5.74) is -0.304. The van der Waals surface area contributed by atoms with Crippen molar-refractivity contribution in [3.63, 3.8) is 0 Å². The Kier molecular flexibility index (Phi) is 4.73. The molecule has 1 atom stereocenters. The molecule has 1 aliphatic rings. The number of carbonyl (C=O) groups is 3. The molecule has 23 heavy (non-hydrogen) atoms. The minimum absolute atomic E-state index is 0.0452. The van der Waals surface area contributed by atoms with Gasteiger partial charge in [-0.05, 0) is 51.8 Å². The lowest BCUT2D eigenvalue weighted by atomic mass is 10.1. The summed E-state index contributed by atoms with van der Waals surface area (Å²) in [4.78, 5) is 37.4. The Balaban J connectivity index is 2.19. The number of ether oxygens (including phenoxy) is 1. The maximum atomic E-state index is 12.6. The van der Waals surface area contributed by atoms with Crippen molar-refractivity contribution in [2.45, 2.75) is 45.3 Å². The maximum Gasteiger partial charge on any atom is 0.335 e. The topological polar surface area (TPSA) is 83.9 Å². The number of hydrogen-bond donors (Lipinski definition) is 1. The van der Waals surface area contributed by atoms with Crippen LogP contribution >= 0.6 is 0 Å². The summed E-state index contributed by atoms with van der Waals surface area (Å²) in [5, 5.41) is 9.03. The zero-order chi connectivity index (χ0) is 17.2. The van der Waals surface area contributed by atoms with Gasteiger partial charge in [-0.2, -0.15) is 0 Å². The number of amides is 1. The summed E-state index contributed by atoms with van der Waals surface area (Å²) < 4.78 is 5.37. The minimum Gasteiger partial charge on any atom is -0.478 e. The standard InChI is InChI=1S/C17H21NO5/c1-17(2,3)23-16(22)13-8-5-9-18(13)14(19)11-6-4-7-12(10-11)15(20)21/h4,6-7,10,13H,5,8-9H2,1-3H3,(H,20,21). The summed E-state index contributed by atoms with van der Waals surface area (Å²) in [7, 11) is 0. The summed E-state index contributed by atoms with van der Waals surface area (Å²) in [6.07, 6.45) is 1.27. The van der Waals surface area contributed by atoms with E-state index in [4.69, 9.17) is 9.84 Å². The number of carboxylic acid groups (broad SMARTS) is 1. The molecule has 1 fully saturated rings. The van der Waals surface area contributed by atoms with Gasteiger partial charge in [0.15, 0.2) is 0 Å². The van der Waals surface area contributed by atoms with Crippen LogP contribution in [0, 0.1) is 0 Å². The molecule has 0 aliphatic carbocycles. The SMILES string of the molecule is CC(C)(C)OC(=O)C1CCCN1C(=O)c1cccc(C(=O)O)c1. The van der Waals surface area contributed by atoms with E-state index in [2.05, 4.69) is 0 Å². The third kappa shape index (κ3) is 4.09. The summed E-state index contributed by atoms with van der Waals surface area (Å²) in [6.45, 7) is 5.80. The molecule has 6 heteroatoms. The molecule has 1 N–H and O–H groups in total. The highest BCUT2D eigenvalue weighted by Crippen LogP contribution is 2.23. The van der Waals surface area contributed by atoms with Gasteiger partial charge in [0.05, 0.1) is 5.56 Å². The lowest BCUT2D eigenvalue weighted by Crippen LogP contribution is -2.43. The second-order valence-corrected chi connectivity index (χ2v) is 6.58. The molecule has 1 aromatic rings. The van der Waals surface area contributed by atoms with Crippen molar-refractivity contribution >= 4 is 17.8 Å². The Morgan fingerprint density at radius 2 is 1.87 bits per heavy atom. The molecule has 1 amide bonds. The predicted octanol–water partition coefficient (Wildman–Crippen LogP) is 2.33. The third-order valence-electron chi connectivity index (χ3n) is 3.55. The van der Waals surface area contributed by atoms with E-state index in [1.165, 1.54) is 23.1 Å². The molecule has 1 aliphatic heterocycles. The maximum absolute atomic E-state index is 12.6. The highest BCUT2D eigenvalue weighted by molar-refractivity contribution is 5.99. The lowest BCUT2D eigenvalue weighted by Gasteiger charge is -2.27. The van der Waals surface area contributed by atoms with Crippen LogP contribution in [0.4, 0.5) is 0 Å². The van der Waals surface area contributed by atoms with Gasteiger partial charge in [-0.15, -0.1) is 0 Å². The zero-order valence-electron chi connectivity index (χ0n) is 13.5. The number of nitrogens with zero attached hydrogens (tertiary/aromatic N) is 1. The fourth-order valence-electron chi connectivity index (χ4n) is 2.58. The lowest BCUT2D eigenvalue weighted by molar-refractivity contribution is -0.159. The van der Waals surface area contributed by atoms with Crippen molar-refractivity contribution in [1.29, 1.82) is 0 Å². The van der Waals surface area contributed by atoms with E-state index >= 15 is 0 Å². The first-order valence-electron chi connectivity index (χ1n) is 7.56. The fraction of sp³-hybridized carbons (Fsp3) is 0.471. The number of carbonyl (C=O) groups excluding carboxylic acids is 2. The third-order valence-corrected chi connectivity index (χ3v) is 3.55. The van der Waals surface area contributed by atoms with Crippen molar-refractivity contribution < 1.29 is 24.2 Å². The van der Waals surface area contributed by atoms with Crippen LogP contribution in [0.2, 0.25) is 0 Å². The number of rotatable bonds is 3. The van der Waals surface area contributed by atoms with Crippen LogP contribution in [0.25, 0.3) is 0 Å². The summed E-state index contributed by atoms with van der Waals surface area (Å²) in [5.74, 6) is -1.86. The van der Waals surface area contributed by atoms with Gasteiger partial charge in [0.1, 0.15) is 11.6 Å². The molecule has 2 rings (SSSR count). The molecule has 124 valence electrons. The smallest absolute Gasteiger partial charge is 0.335 e. The van der Waals surface area contributed by atoms with E-state index in [0.717, 1.165) is 0 Å². The van der Waals surface area contributed by atoms with E-state index < -0.39 is 23.6 Å². The van der Waals surface area contributed by atoms with Crippen molar-refractivity contribution in [1.82, 2.24) is 4.90 Å². The van der Waals surface area contributed by atoms with Gasteiger partial charge in [0.2, 0.25) is 0 Å². The molecular formula is C17H21NO5. The fourth-order valence-corrected chi connectivity index (χ4v) is 2.58. The molecule has 6 nitrogen and oxygen atoms in total. The quantitative estimate of drug-likeness (QED) is 0.864. The van der Waals surface area contributed by atoms with Crippen LogP contribution in [-0.4, -0.2) is 46.0 Å². The highest BCUT2D eigenvalue weighted by atomic mass is 16.6. The van der Waals surface area contributed by atoms with Gasteiger partial charge in [-0.1, -0.05) is 6.07 Å². The Hall–Kier alpha value is -2.37. The number of carboxylic acids is 1. The largest absolute Gasteiger partial charge is 0.478 e. The molecule has 0 saturated carbocycles. The monoisotopic (exact) mass is 319 g/mol. The molecule has 0 radical (unpaired) electrons. The van der Waals surface area contributed by atoms with Crippen LogP contribution in [-0.2, 0) is 9.53 Å². The van der Waals surface area contributed by atoms with Gasteiger partial charge in [0.25, 0.3) is 5.91 Å². The molecule has 0 spiro atoms.